The van der Waals surface area contributed by atoms with Crippen LogP contribution in [-0.2, 0) is 48.0 Å². The van der Waals surface area contributed by atoms with Crippen molar-refractivity contribution in [3.8, 4) is 45.3 Å². The fourth-order valence-electron chi connectivity index (χ4n) is 8.10. The average Bonchev–Trinajstić information content (AvgIpc) is 4.00. The van der Waals surface area contributed by atoms with Gasteiger partial charge in [0.05, 0.1) is 43.4 Å². The molecule has 0 bridgehead atoms. The Balaban J connectivity index is 0.983. The van der Waals surface area contributed by atoms with Gasteiger partial charge in [0.2, 0.25) is 20.0 Å². The number of halogens is 4. The number of phenols is 1. The summed E-state index contributed by atoms with van der Waals surface area (Å²) >= 11 is 7.28. The van der Waals surface area contributed by atoms with Crippen LogP contribution in [0.5, 0.6) is 23.0 Å². The smallest absolute Gasteiger partial charge is 0.347 e. The number of aromatic carboxylic acids is 1. The fourth-order valence-corrected chi connectivity index (χ4v) is 15.2. The number of carbonyl (C=O) groups excluding carboxylic acids is 2. The Morgan fingerprint density at radius 1 is 0.615 bits per heavy atom. The standard InChI is InChI=1S/C53H37Br2F2N3O14S4/c54-43-26-49(55)75-53(43)78(70,71)60-36-9-12-39(45(61)23-36)51(64)74-48-25-38(59-77(68,69)28-30-4-2-6-33(20-30)42-22-35(56)8-15-44(42)57)11-14-41(48)52(65)73-47-24-37(10-13-40(47)50(62)63)58-76(66,67)27-29-3-1-5-31(19-29)32-7-16-46-34(21-32)17-18-72-46/h1-16,19-26,58-61H,17-18,27-28H2,(H,62,63). The molecule has 8 aromatic rings. The van der Waals surface area contributed by atoms with E-state index in [1.54, 1.807) is 18.2 Å². The highest BCUT2D eigenvalue weighted by atomic mass is 79.9. The number of phenolic OH excluding ortho intramolecular Hbond substituents is 1. The summed E-state index contributed by atoms with van der Waals surface area (Å²) in [5.74, 6) is -8.48. The Labute approximate surface area is 464 Å². The monoisotopic (exact) mass is 1260 g/mol. The first-order chi connectivity index (χ1) is 37.0. The lowest BCUT2D eigenvalue weighted by atomic mass is 10.0. The quantitative estimate of drug-likeness (QED) is 0.0396. The van der Waals surface area contributed by atoms with Crippen molar-refractivity contribution in [1.29, 1.82) is 0 Å². The second kappa shape index (κ2) is 22.4. The minimum atomic E-state index is -4.41. The molecule has 1 aliphatic heterocycles. The number of carboxylic acids is 1. The zero-order chi connectivity index (χ0) is 55.7. The van der Waals surface area contributed by atoms with Gasteiger partial charge in [-0.3, -0.25) is 14.2 Å². The lowest BCUT2D eigenvalue weighted by Gasteiger charge is -2.15. The Hall–Kier alpha value is -7.68. The van der Waals surface area contributed by atoms with Crippen molar-refractivity contribution in [3.63, 3.8) is 0 Å². The fraction of sp³-hybridized carbons (Fsp3) is 0.0755. The maximum Gasteiger partial charge on any atom is 0.347 e. The van der Waals surface area contributed by atoms with Crippen molar-refractivity contribution in [2.75, 3.05) is 20.8 Å². The molecule has 0 saturated carbocycles. The first-order valence-electron chi connectivity index (χ1n) is 22.6. The van der Waals surface area contributed by atoms with Gasteiger partial charge in [-0.1, -0.05) is 48.5 Å². The number of sulfonamides is 3. The first-order valence-corrected chi connectivity index (χ1v) is 29.8. The molecular weight excluding hydrogens is 1230 g/mol. The number of esters is 2. The zero-order valence-electron chi connectivity index (χ0n) is 39.6. The molecule has 1 aliphatic rings. The largest absolute Gasteiger partial charge is 0.507 e. The number of carbonyl (C=O) groups is 3. The molecule has 25 heteroatoms. The highest BCUT2D eigenvalue weighted by Crippen LogP contribution is 2.38. The number of benzene rings is 7. The summed E-state index contributed by atoms with van der Waals surface area (Å²) in [4.78, 5) is 40.4. The maximum atomic E-state index is 14.6. The third-order valence-corrected chi connectivity index (χ3v) is 18.8. The van der Waals surface area contributed by atoms with E-state index in [-0.39, 0.29) is 42.4 Å². The van der Waals surface area contributed by atoms with Gasteiger partial charge in [0.25, 0.3) is 10.0 Å². The highest BCUT2D eigenvalue weighted by molar-refractivity contribution is 9.11. The number of aromatic hydroxyl groups is 1. The van der Waals surface area contributed by atoms with Gasteiger partial charge in [-0.05, 0) is 144 Å². The lowest BCUT2D eigenvalue weighted by molar-refractivity contribution is 0.0680. The van der Waals surface area contributed by atoms with E-state index in [9.17, 15) is 58.6 Å². The number of anilines is 3. The topological polar surface area (TPSA) is 258 Å². The normalized spacial score (nSPS) is 12.3. The number of ether oxygens (including phenoxy) is 3. The number of hydrogen-bond acceptors (Lipinski definition) is 14. The molecule has 1 aromatic heterocycles. The molecule has 7 aromatic carbocycles. The summed E-state index contributed by atoms with van der Waals surface area (Å²) in [7, 11) is -12.8. The zero-order valence-corrected chi connectivity index (χ0v) is 46.1. The molecule has 2 heterocycles. The summed E-state index contributed by atoms with van der Waals surface area (Å²) in [6.45, 7) is 0.564. The molecule has 0 atom stereocenters. The first kappa shape index (κ1) is 55.1. The number of rotatable bonds is 18. The van der Waals surface area contributed by atoms with Crippen molar-refractivity contribution in [2.24, 2.45) is 0 Å². The van der Waals surface area contributed by atoms with Crippen molar-refractivity contribution in [2.45, 2.75) is 22.1 Å². The van der Waals surface area contributed by atoms with E-state index in [0.29, 0.717) is 16.0 Å². The van der Waals surface area contributed by atoms with Gasteiger partial charge >= 0.3 is 17.9 Å². The third-order valence-electron chi connectivity index (χ3n) is 11.5. The van der Waals surface area contributed by atoms with E-state index in [4.69, 9.17) is 14.2 Å². The van der Waals surface area contributed by atoms with Crippen molar-refractivity contribution < 1.29 is 72.8 Å². The van der Waals surface area contributed by atoms with Gasteiger partial charge in [0.1, 0.15) is 51.3 Å². The minimum absolute atomic E-state index is 0.108. The molecule has 0 aliphatic carbocycles. The number of thiophene rings is 1. The Kier molecular flexibility index (Phi) is 15.8. The van der Waals surface area contributed by atoms with Gasteiger partial charge in [-0.25, -0.2) is 48.4 Å². The van der Waals surface area contributed by atoms with Gasteiger partial charge in [-0.2, -0.15) is 0 Å². The molecular formula is C53H37Br2F2N3O14S4. The SMILES string of the molecule is O=C(Oc1cc(NS(=O)(=O)Cc2cccc(-c3cc(F)ccc3F)c2)ccc1C(=O)Oc1cc(NS(=O)(=O)Cc2cccc(-c3ccc4c(c3)CCO4)c2)ccc1C(=O)O)c1ccc(NS(=O)(=O)c2sc(Br)cc2Br)cc1O. The number of fused-ring (bicyclic) bond motifs is 1. The maximum absolute atomic E-state index is 14.6. The molecule has 5 N–H and O–H groups in total. The van der Waals surface area contributed by atoms with Gasteiger partial charge in [0, 0.05) is 30.2 Å². The van der Waals surface area contributed by atoms with E-state index in [0.717, 1.165) is 113 Å². The second-order valence-corrected chi connectivity index (χ2v) is 25.8. The molecule has 400 valence electrons. The Morgan fingerprint density at radius 3 is 1.79 bits per heavy atom. The Morgan fingerprint density at radius 2 is 1.18 bits per heavy atom. The molecule has 78 heavy (non-hydrogen) atoms. The summed E-state index contributed by atoms with van der Waals surface area (Å²) in [5, 5.41) is 21.1. The van der Waals surface area contributed by atoms with Crippen LogP contribution in [0.2, 0.25) is 0 Å². The molecule has 0 amide bonds. The van der Waals surface area contributed by atoms with Crippen LogP contribution in [0.25, 0.3) is 22.3 Å². The Bertz CT molecular complexity index is 4110. The van der Waals surface area contributed by atoms with Crippen LogP contribution in [0, 0.1) is 11.6 Å². The molecule has 0 saturated heterocycles. The molecule has 0 fully saturated rings. The van der Waals surface area contributed by atoms with Crippen LogP contribution >= 0.6 is 43.2 Å². The third kappa shape index (κ3) is 13.0. The second-order valence-electron chi connectivity index (χ2n) is 17.2. The van der Waals surface area contributed by atoms with E-state index in [1.165, 1.54) is 30.3 Å². The summed E-state index contributed by atoms with van der Waals surface area (Å²) < 4.78 is 134. The number of nitrogens with one attached hydrogen (secondary N) is 3. The predicted molar refractivity (Wildman–Crippen MR) is 294 cm³/mol. The van der Waals surface area contributed by atoms with E-state index >= 15 is 0 Å². The van der Waals surface area contributed by atoms with Crippen molar-refractivity contribution >= 4 is 108 Å². The molecule has 0 spiro atoms. The van der Waals surface area contributed by atoms with Gasteiger partial charge in [-0.15, -0.1) is 11.3 Å². The van der Waals surface area contributed by atoms with E-state index in [2.05, 4.69) is 46.0 Å². The van der Waals surface area contributed by atoms with Crippen molar-refractivity contribution in [3.05, 3.63) is 199 Å². The van der Waals surface area contributed by atoms with Crippen LogP contribution in [0.1, 0.15) is 47.8 Å². The molecule has 17 nitrogen and oxygen atoms in total. The van der Waals surface area contributed by atoms with Crippen LogP contribution in [-0.4, -0.2) is 60.0 Å². The molecule has 0 radical (unpaired) electrons. The van der Waals surface area contributed by atoms with Crippen molar-refractivity contribution in [1.82, 2.24) is 0 Å². The number of carboxylic acid groups (broad SMARTS) is 1. The number of hydrogen-bond donors (Lipinski definition) is 5. The van der Waals surface area contributed by atoms with Gasteiger partial charge in [0.15, 0.2) is 4.21 Å². The predicted octanol–water partition coefficient (Wildman–Crippen LogP) is 11.3. The average molecular weight is 1270 g/mol. The van der Waals surface area contributed by atoms with Crippen LogP contribution < -0.4 is 28.4 Å². The van der Waals surface area contributed by atoms with Crippen LogP contribution in [0.15, 0.2) is 158 Å². The van der Waals surface area contributed by atoms with Crippen LogP contribution in [0.3, 0.4) is 0 Å². The van der Waals surface area contributed by atoms with E-state index < -0.39 is 105 Å². The minimum Gasteiger partial charge on any atom is -0.507 e. The highest BCUT2D eigenvalue weighted by Gasteiger charge is 2.27. The lowest BCUT2D eigenvalue weighted by Crippen LogP contribution is -2.18. The molecule has 9 rings (SSSR count). The summed E-state index contributed by atoms with van der Waals surface area (Å²) in [6, 6.07) is 31.5. The van der Waals surface area contributed by atoms with Crippen LogP contribution in [0.4, 0.5) is 25.8 Å². The summed E-state index contributed by atoms with van der Waals surface area (Å²) in [5.41, 5.74) is 0.736. The summed E-state index contributed by atoms with van der Waals surface area (Å²) in [6.07, 6.45) is 0.738. The molecule has 0 unspecified atom stereocenters. The van der Waals surface area contributed by atoms with E-state index in [1.807, 2.05) is 24.3 Å². The van der Waals surface area contributed by atoms with Gasteiger partial charge < -0.3 is 24.4 Å².